The maximum absolute atomic E-state index is 12.4. The van der Waals surface area contributed by atoms with Crippen molar-refractivity contribution < 1.29 is 19.4 Å². The van der Waals surface area contributed by atoms with E-state index in [1.807, 2.05) is 13.8 Å². The lowest BCUT2D eigenvalue weighted by Gasteiger charge is -2.56. The Balaban J connectivity index is 1.36. The van der Waals surface area contributed by atoms with Crippen molar-refractivity contribution in [3.8, 4) is 0 Å². The van der Waals surface area contributed by atoms with Gasteiger partial charge in [0.15, 0.2) is 0 Å². The van der Waals surface area contributed by atoms with E-state index >= 15 is 0 Å². The first kappa shape index (κ1) is 23.1. The average molecular weight is 447 g/mol. The molecule has 0 amide bonds. The highest BCUT2D eigenvalue weighted by atomic mass is 16.6. The summed E-state index contributed by atoms with van der Waals surface area (Å²) in [4.78, 5) is 12.4. The van der Waals surface area contributed by atoms with Gasteiger partial charge in [0.25, 0.3) is 0 Å². The first-order valence-corrected chi connectivity index (χ1v) is 13.4. The zero-order valence-electron chi connectivity index (χ0n) is 21.4. The molecule has 182 valence electrons. The summed E-state index contributed by atoms with van der Waals surface area (Å²) in [5, 5.41) is 10.1. The Morgan fingerprint density at radius 1 is 0.969 bits per heavy atom. The quantitative estimate of drug-likeness (QED) is 0.311. The number of cyclic esters (lactones) is 1. The number of unbranched alkanes of at least 4 members (excludes halogenated alkanes) is 1. The van der Waals surface area contributed by atoms with Gasteiger partial charge in [-0.05, 0) is 103 Å². The van der Waals surface area contributed by atoms with Crippen molar-refractivity contribution >= 4 is 5.97 Å². The fourth-order valence-corrected chi connectivity index (χ4v) is 9.76. The van der Waals surface area contributed by atoms with Crippen LogP contribution in [0.15, 0.2) is 0 Å². The Labute approximate surface area is 195 Å². The molecule has 0 aromatic carbocycles. The van der Waals surface area contributed by atoms with Gasteiger partial charge in [-0.3, -0.25) is 4.79 Å². The van der Waals surface area contributed by atoms with Crippen LogP contribution >= 0.6 is 0 Å². The molecule has 2 saturated heterocycles. The van der Waals surface area contributed by atoms with Crippen molar-refractivity contribution in [2.24, 2.45) is 28.6 Å². The maximum atomic E-state index is 12.4. The molecule has 2 aliphatic heterocycles. The normalized spacial score (nSPS) is 49.2. The molecular weight excluding hydrogens is 400 g/mol. The van der Waals surface area contributed by atoms with Crippen molar-refractivity contribution in [3.05, 3.63) is 0 Å². The van der Waals surface area contributed by atoms with Crippen LogP contribution in [0.4, 0.5) is 0 Å². The number of epoxide rings is 1. The molecular formula is C28H46O4. The van der Waals surface area contributed by atoms with Crippen LogP contribution in [0.25, 0.3) is 0 Å². The van der Waals surface area contributed by atoms with Gasteiger partial charge in [-0.15, -0.1) is 0 Å². The average Bonchev–Trinajstić information content (AvgIpc) is 3.28. The molecule has 7 atom stereocenters. The van der Waals surface area contributed by atoms with Gasteiger partial charge in [0, 0.05) is 17.8 Å². The summed E-state index contributed by atoms with van der Waals surface area (Å²) in [5.74, 6) is 1.79. The van der Waals surface area contributed by atoms with Gasteiger partial charge in [-0.1, -0.05) is 26.7 Å². The number of ether oxygens (including phenoxy) is 2. The van der Waals surface area contributed by atoms with Crippen molar-refractivity contribution in [3.63, 3.8) is 0 Å². The van der Waals surface area contributed by atoms with Gasteiger partial charge in [0.05, 0.1) is 5.60 Å². The van der Waals surface area contributed by atoms with Crippen LogP contribution in [-0.4, -0.2) is 33.5 Å². The van der Waals surface area contributed by atoms with Crippen LogP contribution in [0.1, 0.15) is 119 Å². The van der Waals surface area contributed by atoms with Crippen LogP contribution < -0.4 is 0 Å². The topological polar surface area (TPSA) is 59.1 Å². The molecule has 2 heterocycles. The lowest BCUT2D eigenvalue weighted by Crippen LogP contribution is -2.61. The summed E-state index contributed by atoms with van der Waals surface area (Å²) in [6.45, 7) is 13.1. The van der Waals surface area contributed by atoms with E-state index < -0.39 is 11.2 Å². The molecule has 4 heteroatoms. The standard InChI is InChI=1S/C28H46O4/c1-23(2,30)14-8-7-9-19-10-11-21-25(19,5)17-18-28-26(6)15-13-22(29)31-24(3,4)20(26)12-16-27(21,28)32-28/h19-21,30H,7-18H2,1-6H3. The second kappa shape index (κ2) is 6.97. The van der Waals surface area contributed by atoms with Crippen molar-refractivity contribution in [1.29, 1.82) is 0 Å². The van der Waals surface area contributed by atoms with E-state index in [0.717, 1.165) is 44.4 Å². The minimum atomic E-state index is -0.543. The second-order valence-electron chi connectivity index (χ2n) is 13.8. The van der Waals surface area contributed by atoms with Gasteiger partial charge in [-0.25, -0.2) is 0 Å². The van der Waals surface area contributed by atoms with E-state index in [-0.39, 0.29) is 22.6 Å². The highest BCUT2D eigenvalue weighted by Gasteiger charge is 2.86. The Morgan fingerprint density at radius 2 is 1.72 bits per heavy atom. The third-order valence-electron chi connectivity index (χ3n) is 11.3. The lowest BCUT2D eigenvalue weighted by atomic mass is 9.45. The minimum Gasteiger partial charge on any atom is -0.459 e. The highest BCUT2D eigenvalue weighted by Crippen LogP contribution is 2.81. The molecule has 0 spiro atoms. The molecule has 1 N–H and O–H groups in total. The third kappa shape index (κ3) is 3.03. The summed E-state index contributed by atoms with van der Waals surface area (Å²) in [7, 11) is 0. The predicted molar refractivity (Wildman–Crippen MR) is 125 cm³/mol. The van der Waals surface area contributed by atoms with E-state index in [4.69, 9.17) is 9.47 Å². The van der Waals surface area contributed by atoms with E-state index in [9.17, 15) is 9.90 Å². The van der Waals surface area contributed by atoms with Gasteiger partial charge in [0.1, 0.15) is 16.8 Å². The van der Waals surface area contributed by atoms with E-state index in [2.05, 4.69) is 27.7 Å². The number of carbonyl (C=O) groups excluding carboxylic acids is 1. The van der Waals surface area contributed by atoms with Gasteiger partial charge in [-0.2, -0.15) is 0 Å². The number of esters is 1. The smallest absolute Gasteiger partial charge is 0.306 e. The first-order valence-electron chi connectivity index (χ1n) is 13.4. The van der Waals surface area contributed by atoms with E-state index in [1.54, 1.807) is 0 Å². The maximum Gasteiger partial charge on any atom is 0.306 e. The van der Waals surface area contributed by atoms with Crippen LogP contribution in [-0.2, 0) is 14.3 Å². The van der Waals surface area contributed by atoms with Gasteiger partial charge in [0.2, 0.25) is 0 Å². The largest absolute Gasteiger partial charge is 0.459 e. The molecule has 3 saturated carbocycles. The molecule has 3 aliphatic carbocycles. The lowest BCUT2D eigenvalue weighted by molar-refractivity contribution is -0.165. The molecule has 4 nitrogen and oxygen atoms in total. The van der Waals surface area contributed by atoms with Crippen molar-refractivity contribution in [2.45, 2.75) is 141 Å². The molecule has 0 aromatic rings. The number of fused-ring (bicyclic) bond motifs is 2. The number of carbonyl (C=O) groups is 1. The highest BCUT2D eigenvalue weighted by molar-refractivity contribution is 5.70. The van der Waals surface area contributed by atoms with Gasteiger partial charge >= 0.3 is 5.97 Å². The van der Waals surface area contributed by atoms with E-state index in [0.29, 0.717) is 23.7 Å². The Hall–Kier alpha value is -0.610. The minimum absolute atomic E-state index is 0.0209. The summed E-state index contributed by atoms with van der Waals surface area (Å²) in [6.07, 6.45) is 13.3. The Bertz CT molecular complexity index is 783. The van der Waals surface area contributed by atoms with Crippen LogP contribution in [0.5, 0.6) is 0 Å². The summed E-state index contributed by atoms with van der Waals surface area (Å²) in [6, 6.07) is 0. The second-order valence-corrected chi connectivity index (χ2v) is 13.8. The van der Waals surface area contributed by atoms with Gasteiger partial charge < -0.3 is 14.6 Å². The predicted octanol–water partition coefficient (Wildman–Crippen LogP) is 6.18. The molecule has 7 unspecified atom stereocenters. The molecule has 5 aliphatic rings. The zero-order valence-corrected chi connectivity index (χ0v) is 21.4. The first-order chi connectivity index (χ1) is 14.8. The molecule has 0 bridgehead atoms. The molecule has 32 heavy (non-hydrogen) atoms. The van der Waals surface area contributed by atoms with E-state index in [1.165, 1.54) is 32.1 Å². The SMILES string of the molecule is CC(C)(O)CCCCC1CCC2C1(C)CCC13OC21CCC1C(C)(C)OC(=O)CCC13C. The molecule has 5 rings (SSSR count). The summed E-state index contributed by atoms with van der Waals surface area (Å²) < 4.78 is 13.0. The van der Waals surface area contributed by atoms with Crippen LogP contribution in [0, 0.1) is 28.6 Å². The molecule has 0 aromatic heterocycles. The number of rotatable bonds is 5. The molecule has 5 fully saturated rings. The number of aliphatic hydroxyl groups is 1. The molecule has 0 radical (unpaired) electrons. The zero-order chi connectivity index (χ0) is 23.2. The number of hydrogen-bond acceptors (Lipinski definition) is 4. The summed E-state index contributed by atoms with van der Waals surface area (Å²) >= 11 is 0. The fourth-order valence-electron chi connectivity index (χ4n) is 9.76. The fraction of sp³-hybridized carbons (Fsp3) is 0.964. The third-order valence-corrected chi connectivity index (χ3v) is 11.3. The van der Waals surface area contributed by atoms with Crippen molar-refractivity contribution in [2.75, 3.05) is 0 Å². The monoisotopic (exact) mass is 446 g/mol. The summed E-state index contributed by atoms with van der Waals surface area (Å²) in [5.41, 5.74) is -0.560. The van der Waals surface area contributed by atoms with Crippen LogP contribution in [0.2, 0.25) is 0 Å². The van der Waals surface area contributed by atoms with Crippen LogP contribution in [0.3, 0.4) is 0 Å². The Kier molecular flexibility index (Phi) is 5.04. The number of hydrogen-bond donors (Lipinski definition) is 1. The Morgan fingerprint density at radius 3 is 2.44 bits per heavy atom. The van der Waals surface area contributed by atoms with Crippen molar-refractivity contribution in [1.82, 2.24) is 0 Å².